The zero-order valence-corrected chi connectivity index (χ0v) is 13.5. The van der Waals surface area contributed by atoms with Crippen LogP contribution in [0, 0.1) is 5.92 Å². The normalized spacial score (nSPS) is 18.6. The maximum absolute atomic E-state index is 12.3. The van der Waals surface area contributed by atoms with E-state index in [2.05, 4.69) is 15.9 Å². The van der Waals surface area contributed by atoms with Crippen molar-refractivity contribution in [3.05, 3.63) is 14.9 Å². The van der Waals surface area contributed by atoms with E-state index >= 15 is 0 Å². The molecule has 1 atom stereocenters. The lowest BCUT2D eigenvalue weighted by molar-refractivity contribution is 0.358. The summed E-state index contributed by atoms with van der Waals surface area (Å²) in [6, 6.07) is 1.56. The first kappa shape index (κ1) is 13.8. The van der Waals surface area contributed by atoms with Crippen LogP contribution in [0.3, 0.4) is 0 Å². The van der Waals surface area contributed by atoms with Crippen molar-refractivity contribution in [1.29, 1.82) is 0 Å². The number of hydrogen-bond donors (Lipinski definition) is 0. The van der Waals surface area contributed by atoms with E-state index in [0.29, 0.717) is 18.9 Å². The van der Waals surface area contributed by atoms with Crippen LogP contribution in [0.1, 0.15) is 19.8 Å². The van der Waals surface area contributed by atoms with Crippen molar-refractivity contribution in [2.45, 2.75) is 30.0 Å². The lowest BCUT2D eigenvalue weighted by Crippen LogP contribution is -2.36. The Balaban J connectivity index is 2.28. The molecule has 0 saturated heterocycles. The second kappa shape index (κ2) is 4.81. The van der Waals surface area contributed by atoms with Gasteiger partial charge in [0, 0.05) is 13.1 Å². The minimum Gasteiger partial charge on any atom is -0.206 e. The number of sulfonamides is 1. The van der Waals surface area contributed by atoms with Gasteiger partial charge in [0.1, 0.15) is 4.21 Å². The fourth-order valence-electron chi connectivity index (χ4n) is 1.69. The molecule has 17 heavy (non-hydrogen) atoms. The predicted octanol–water partition coefficient (Wildman–Crippen LogP) is 3.58. The van der Waals surface area contributed by atoms with Crippen molar-refractivity contribution in [2.75, 3.05) is 7.05 Å². The predicted molar refractivity (Wildman–Crippen MR) is 74.2 cm³/mol. The molecule has 0 spiro atoms. The first-order chi connectivity index (χ1) is 7.84. The lowest BCUT2D eigenvalue weighted by atomic mass is 10.2. The van der Waals surface area contributed by atoms with Crippen LogP contribution in [-0.2, 0) is 10.0 Å². The molecule has 1 aliphatic carbocycles. The maximum Gasteiger partial charge on any atom is 0.252 e. The first-order valence-corrected chi connectivity index (χ1v) is 8.69. The van der Waals surface area contributed by atoms with Crippen molar-refractivity contribution < 1.29 is 8.42 Å². The summed E-state index contributed by atoms with van der Waals surface area (Å²) in [5.41, 5.74) is 0. The summed E-state index contributed by atoms with van der Waals surface area (Å²) in [5.74, 6) is 0.508. The zero-order valence-electron chi connectivity index (χ0n) is 9.48. The van der Waals surface area contributed by atoms with Gasteiger partial charge in [0.15, 0.2) is 0 Å². The Hall–Kier alpha value is 0.380. The molecule has 0 amide bonds. The Morgan fingerprint density at radius 1 is 1.59 bits per heavy atom. The maximum atomic E-state index is 12.3. The topological polar surface area (TPSA) is 37.4 Å². The second-order valence-corrected chi connectivity index (χ2v) is 9.29. The highest BCUT2D eigenvalue weighted by Gasteiger charge is 2.36. The van der Waals surface area contributed by atoms with E-state index in [9.17, 15) is 8.42 Å². The molecule has 1 heterocycles. The lowest BCUT2D eigenvalue weighted by Gasteiger charge is -2.23. The van der Waals surface area contributed by atoms with Crippen LogP contribution in [0.4, 0.5) is 0 Å². The summed E-state index contributed by atoms with van der Waals surface area (Å²) in [5, 5.41) is 0.445. The van der Waals surface area contributed by atoms with Gasteiger partial charge in [0.05, 0.1) is 8.81 Å². The van der Waals surface area contributed by atoms with Crippen LogP contribution in [-0.4, -0.2) is 25.8 Å². The van der Waals surface area contributed by atoms with Gasteiger partial charge < -0.3 is 0 Å². The minimum absolute atomic E-state index is 0.0552. The van der Waals surface area contributed by atoms with Crippen LogP contribution in [0.25, 0.3) is 0 Å². The third-order valence-electron chi connectivity index (χ3n) is 3.13. The molecular weight excluding hydrogens is 346 g/mol. The standard InChI is InChI=1S/C10H13BrClNO2S2/c1-6(7-3-4-7)13(2)17(14,15)9-5-8(12)10(11)16-9/h5-7H,3-4H2,1-2H3. The third-order valence-corrected chi connectivity index (χ3v) is 8.00. The molecule has 0 radical (unpaired) electrons. The van der Waals surface area contributed by atoms with Gasteiger partial charge in [-0.05, 0) is 47.7 Å². The van der Waals surface area contributed by atoms with Gasteiger partial charge in [-0.2, -0.15) is 4.31 Å². The second-order valence-electron chi connectivity index (χ2n) is 4.29. The van der Waals surface area contributed by atoms with Gasteiger partial charge in [-0.25, -0.2) is 8.42 Å². The van der Waals surface area contributed by atoms with E-state index in [4.69, 9.17) is 11.6 Å². The van der Waals surface area contributed by atoms with Gasteiger partial charge in [0.2, 0.25) is 0 Å². The summed E-state index contributed by atoms with van der Waals surface area (Å²) in [4.78, 5) is 0. The van der Waals surface area contributed by atoms with Crippen molar-refractivity contribution in [3.8, 4) is 0 Å². The summed E-state index contributed by atoms with van der Waals surface area (Å²) in [7, 11) is -1.77. The largest absolute Gasteiger partial charge is 0.252 e. The van der Waals surface area contributed by atoms with E-state index in [1.54, 1.807) is 7.05 Å². The van der Waals surface area contributed by atoms with Gasteiger partial charge >= 0.3 is 0 Å². The number of nitrogens with zero attached hydrogens (tertiary/aromatic N) is 1. The highest BCUT2D eigenvalue weighted by molar-refractivity contribution is 9.11. The Bertz CT molecular complexity index is 505. The van der Waals surface area contributed by atoms with E-state index in [1.165, 1.54) is 10.4 Å². The molecule has 7 heteroatoms. The van der Waals surface area contributed by atoms with Crippen molar-refractivity contribution in [2.24, 2.45) is 5.92 Å². The Morgan fingerprint density at radius 3 is 2.59 bits per heavy atom. The monoisotopic (exact) mass is 357 g/mol. The summed E-state index contributed by atoms with van der Waals surface area (Å²) >= 11 is 10.3. The quantitative estimate of drug-likeness (QED) is 0.825. The average molecular weight is 359 g/mol. The molecule has 1 fully saturated rings. The van der Waals surface area contributed by atoms with Crippen LogP contribution in [0.2, 0.25) is 5.02 Å². The molecule has 1 saturated carbocycles. The van der Waals surface area contributed by atoms with Gasteiger partial charge in [0.25, 0.3) is 10.0 Å². The number of rotatable bonds is 4. The van der Waals surface area contributed by atoms with E-state index < -0.39 is 10.0 Å². The van der Waals surface area contributed by atoms with Crippen molar-refractivity contribution >= 4 is 48.9 Å². The minimum atomic E-state index is -3.41. The SMILES string of the molecule is CC(C1CC1)N(C)S(=O)(=O)c1cc(Cl)c(Br)s1. The molecule has 1 aromatic rings. The number of halogens is 2. The summed E-state index contributed by atoms with van der Waals surface area (Å²) in [6.07, 6.45) is 2.24. The molecule has 0 N–H and O–H groups in total. The molecule has 2 rings (SSSR count). The summed E-state index contributed by atoms with van der Waals surface area (Å²) < 4.78 is 27.1. The number of hydrogen-bond acceptors (Lipinski definition) is 3. The van der Waals surface area contributed by atoms with Crippen LogP contribution in [0.5, 0.6) is 0 Å². The Kier molecular flexibility index (Phi) is 3.91. The van der Waals surface area contributed by atoms with E-state index in [-0.39, 0.29) is 6.04 Å². The molecule has 1 aromatic heterocycles. The summed E-state index contributed by atoms with van der Waals surface area (Å²) in [6.45, 7) is 1.96. The van der Waals surface area contributed by atoms with Gasteiger partial charge in [-0.15, -0.1) is 11.3 Å². The Morgan fingerprint density at radius 2 is 2.18 bits per heavy atom. The Labute approximate surface area is 119 Å². The molecule has 1 unspecified atom stereocenters. The van der Waals surface area contributed by atoms with Gasteiger partial charge in [-0.3, -0.25) is 0 Å². The highest BCUT2D eigenvalue weighted by atomic mass is 79.9. The van der Waals surface area contributed by atoms with Crippen LogP contribution in [0.15, 0.2) is 14.1 Å². The third kappa shape index (κ3) is 2.71. The van der Waals surface area contributed by atoms with Crippen LogP contribution >= 0.6 is 38.9 Å². The van der Waals surface area contributed by atoms with E-state index in [1.807, 2.05) is 6.92 Å². The zero-order chi connectivity index (χ0) is 12.8. The fraction of sp³-hybridized carbons (Fsp3) is 0.600. The molecule has 1 aliphatic rings. The average Bonchev–Trinajstić information content (AvgIpc) is 3.04. The molecule has 0 aliphatic heterocycles. The molecule has 3 nitrogen and oxygen atoms in total. The molecule has 96 valence electrons. The first-order valence-electron chi connectivity index (χ1n) is 5.27. The fourth-order valence-corrected chi connectivity index (χ4v) is 5.70. The molecular formula is C10H13BrClNO2S2. The number of thiophene rings is 1. The highest BCUT2D eigenvalue weighted by Crippen LogP contribution is 2.39. The van der Waals surface area contributed by atoms with Crippen molar-refractivity contribution in [1.82, 2.24) is 4.31 Å². The molecule has 0 bridgehead atoms. The molecule has 0 aromatic carbocycles. The van der Waals surface area contributed by atoms with Gasteiger partial charge in [-0.1, -0.05) is 11.6 Å². The van der Waals surface area contributed by atoms with E-state index in [0.717, 1.165) is 24.2 Å². The van der Waals surface area contributed by atoms with Crippen LogP contribution < -0.4 is 0 Å². The smallest absolute Gasteiger partial charge is 0.206 e. The van der Waals surface area contributed by atoms with Crippen molar-refractivity contribution in [3.63, 3.8) is 0 Å².